The second-order valence-corrected chi connectivity index (χ2v) is 9.85. The molecule has 6 nitrogen and oxygen atoms in total. The van der Waals surface area contributed by atoms with Crippen LogP contribution in [0.15, 0.2) is 60.8 Å². The minimum Gasteiger partial charge on any atom is -0.397 e. The average molecular weight is 486 g/mol. The molecule has 2 aromatic carbocycles. The molecule has 0 spiro atoms. The maximum Gasteiger partial charge on any atom is 0.255 e. The molecule has 0 aliphatic heterocycles. The van der Waals surface area contributed by atoms with E-state index in [1.165, 1.54) is 70.6 Å². The molecule has 1 saturated carbocycles. The molecule has 4 N–H and O–H groups in total. The SMILES string of the molecule is Nc1ccccc1NC(=O)c1ccc(CNc2nccc(C3CCCCCCCCCCC3)n2)cc1. The van der Waals surface area contributed by atoms with Crippen LogP contribution in [0.25, 0.3) is 0 Å². The number of amides is 1. The maximum absolute atomic E-state index is 12.6. The van der Waals surface area contributed by atoms with Gasteiger partial charge in [-0.05, 0) is 48.7 Å². The van der Waals surface area contributed by atoms with Crippen molar-refractivity contribution in [2.45, 2.75) is 83.1 Å². The molecule has 3 aromatic rings. The Morgan fingerprint density at radius 2 is 1.47 bits per heavy atom. The molecular weight excluding hydrogens is 446 g/mol. The van der Waals surface area contributed by atoms with Gasteiger partial charge in [-0.2, -0.15) is 0 Å². The summed E-state index contributed by atoms with van der Waals surface area (Å²) in [5, 5.41) is 6.23. The van der Waals surface area contributed by atoms with E-state index in [1.54, 1.807) is 12.1 Å². The topological polar surface area (TPSA) is 92.9 Å². The maximum atomic E-state index is 12.6. The molecule has 0 radical (unpaired) electrons. The van der Waals surface area contributed by atoms with Gasteiger partial charge in [0.2, 0.25) is 5.95 Å². The number of nitrogens with zero attached hydrogens (tertiary/aromatic N) is 2. The highest BCUT2D eigenvalue weighted by Gasteiger charge is 2.15. The second kappa shape index (κ2) is 13.6. The first-order chi connectivity index (χ1) is 17.7. The number of hydrogen-bond acceptors (Lipinski definition) is 5. The molecule has 1 aromatic heterocycles. The van der Waals surface area contributed by atoms with Crippen LogP contribution >= 0.6 is 0 Å². The Kier molecular flexibility index (Phi) is 9.71. The Hall–Kier alpha value is -3.41. The van der Waals surface area contributed by atoms with Gasteiger partial charge in [-0.15, -0.1) is 0 Å². The third kappa shape index (κ3) is 7.80. The quantitative estimate of drug-likeness (QED) is 0.318. The molecule has 0 bridgehead atoms. The molecule has 1 heterocycles. The van der Waals surface area contributed by atoms with Crippen LogP contribution in [0.4, 0.5) is 17.3 Å². The van der Waals surface area contributed by atoms with Gasteiger partial charge in [0, 0.05) is 29.9 Å². The van der Waals surface area contributed by atoms with E-state index in [4.69, 9.17) is 10.7 Å². The lowest BCUT2D eigenvalue weighted by molar-refractivity contribution is 0.102. The Labute approximate surface area is 215 Å². The van der Waals surface area contributed by atoms with Crippen LogP contribution in [0.5, 0.6) is 0 Å². The van der Waals surface area contributed by atoms with Crippen molar-refractivity contribution in [2.24, 2.45) is 0 Å². The van der Waals surface area contributed by atoms with Crippen LogP contribution in [0, 0.1) is 0 Å². The molecule has 36 heavy (non-hydrogen) atoms. The lowest BCUT2D eigenvalue weighted by atomic mass is 9.90. The van der Waals surface area contributed by atoms with Gasteiger partial charge in [-0.1, -0.05) is 82.1 Å². The van der Waals surface area contributed by atoms with Crippen LogP contribution in [0.3, 0.4) is 0 Å². The summed E-state index contributed by atoms with van der Waals surface area (Å²) in [6.07, 6.45) is 16.5. The fourth-order valence-corrected chi connectivity index (χ4v) is 4.90. The Bertz CT molecular complexity index is 1090. The first kappa shape index (κ1) is 25.7. The predicted octanol–water partition coefficient (Wildman–Crippen LogP) is 7.31. The fraction of sp³-hybridized carbons (Fsp3) is 0.433. The summed E-state index contributed by atoms with van der Waals surface area (Å²) in [6, 6.07) is 16.9. The van der Waals surface area contributed by atoms with Crippen molar-refractivity contribution in [3.8, 4) is 0 Å². The van der Waals surface area contributed by atoms with Crippen LogP contribution in [0.1, 0.15) is 98.2 Å². The summed E-state index contributed by atoms with van der Waals surface area (Å²) in [6.45, 7) is 0.599. The number of hydrogen-bond donors (Lipinski definition) is 3. The summed E-state index contributed by atoms with van der Waals surface area (Å²) in [4.78, 5) is 21.9. The number of nitrogens with two attached hydrogens (primary N) is 1. The van der Waals surface area contributed by atoms with Crippen molar-refractivity contribution < 1.29 is 4.79 Å². The second-order valence-electron chi connectivity index (χ2n) is 9.85. The number of para-hydroxylation sites is 2. The van der Waals surface area contributed by atoms with E-state index in [1.807, 2.05) is 42.6 Å². The first-order valence-electron chi connectivity index (χ1n) is 13.5. The van der Waals surface area contributed by atoms with E-state index in [-0.39, 0.29) is 5.91 Å². The molecule has 1 aliphatic rings. The van der Waals surface area contributed by atoms with Gasteiger partial charge in [-0.25, -0.2) is 9.97 Å². The monoisotopic (exact) mass is 485 g/mol. The molecule has 4 rings (SSSR count). The lowest BCUT2D eigenvalue weighted by Gasteiger charge is -2.18. The summed E-state index contributed by atoms with van der Waals surface area (Å²) in [5.41, 5.74) is 9.90. The largest absolute Gasteiger partial charge is 0.397 e. The number of anilines is 3. The highest BCUT2D eigenvalue weighted by Crippen LogP contribution is 2.29. The van der Waals surface area contributed by atoms with Crippen LogP contribution in [0.2, 0.25) is 0 Å². The number of carbonyl (C=O) groups is 1. The number of nitrogen functional groups attached to an aromatic ring is 1. The number of rotatable bonds is 6. The lowest BCUT2D eigenvalue weighted by Crippen LogP contribution is -2.13. The molecule has 0 atom stereocenters. The summed E-state index contributed by atoms with van der Waals surface area (Å²) in [7, 11) is 0. The highest BCUT2D eigenvalue weighted by atomic mass is 16.1. The number of benzene rings is 2. The summed E-state index contributed by atoms with van der Waals surface area (Å²) >= 11 is 0. The Balaban J connectivity index is 1.32. The Morgan fingerprint density at radius 1 is 0.833 bits per heavy atom. The van der Waals surface area contributed by atoms with Crippen LogP contribution in [-0.4, -0.2) is 15.9 Å². The number of carbonyl (C=O) groups excluding carboxylic acids is 1. The molecule has 0 unspecified atom stereocenters. The van der Waals surface area contributed by atoms with E-state index < -0.39 is 0 Å². The fourth-order valence-electron chi connectivity index (χ4n) is 4.90. The minimum atomic E-state index is -0.180. The molecule has 0 saturated heterocycles. The number of nitrogens with one attached hydrogen (secondary N) is 2. The molecule has 1 fully saturated rings. The molecule has 190 valence electrons. The zero-order valence-corrected chi connectivity index (χ0v) is 21.2. The van der Waals surface area contributed by atoms with Crippen molar-refractivity contribution in [1.29, 1.82) is 0 Å². The highest BCUT2D eigenvalue weighted by molar-refractivity contribution is 6.05. The van der Waals surface area contributed by atoms with Crippen molar-refractivity contribution in [3.63, 3.8) is 0 Å². The van der Waals surface area contributed by atoms with Crippen molar-refractivity contribution in [1.82, 2.24) is 9.97 Å². The average Bonchev–Trinajstić information content (AvgIpc) is 2.89. The van der Waals surface area contributed by atoms with E-state index in [0.29, 0.717) is 35.3 Å². The zero-order chi connectivity index (χ0) is 25.0. The molecule has 6 heteroatoms. The molecule has 1 amide bonds. The Morgan fingerprint density at radius 3 is 2.14 bits per heavy atom. The van der Waals surface area contributed by atoms with Gasteiger partial charge in [0.15, 0.2) is 0 Å². The molecular formula is C30H39N5O. The van der Waals surface area contributed by atoms with Gasteiger partial charge in [0.1, 0.15) is 0 Å². The third-order valence-corrected chi connectivity index (χ3v) is 7.08. The van der Waals surface area contributed by atoms with Gasteiger partial charge in [-0.3, -0.25) is 4.79 Å². The third-order valence-electron chi connectivity index (χ3n) is 7.08. The van der Waals surface area contributed by atoms with Gasteiger partial charge in [0.25, 0.3) is 5.91 Å². The van der Waals surface area contributed by atoms with Crippen molar-refractivity contribution in [3.05, 3.63) is 77.6 Å². The summed E-state index contributed by atoms with van der Waals surface area (Å²) < 4.78 is 0. The molecule has 1 aliphatic carbocycles. The smallest absolute Gasteiger partial charge is 0.255 e. The number of aromatic nitrogens is 2. The standard InChI is InChI=1S/C30H39N5O/c31-26-14-10-11-15-28(26)34-29(36)25-18-16-23(17-19-25)22-33-30-32-21-20-27(35-30)24-12-8-6-4-2-1-3-5-7-9-13-24/h10-11,14-21,24H,1-9,12-13,22,31H2,(H,34,36)(H,32,33,35). The van der Waals surface area contributed by atoms with Gasteiger partial charge in [0.05, 0.1) is 11.4 Å². The van der Waals surface area contributed by atoms with Gasteiger partial charge < -0.3 is 16.4 Å². The predicted molar refractivity (Wildman–Crippen MR) is 148 cm³/mol. The van der Waals surface area contributed by atoms with E-state index in [2.05, 4.69) is 21.7 Å². The van der Waals surface area contributed by atoms with Crippen LogP contribution < -0.4 is 16.4 Å². The van der Waals surface area contributed by atoms with E-state index in [0.717, 1.165) is 11.3 Å². The zero-order valence-electron chi connectivity index (χ0n) is 21.2. The first-order valence-corrected chi connectivity index (χ1v) is 13.5. The van der Waals surface area contributed by atoms with Crippen molar-refractivity contribution in [2.75, 3.05) is 16.4 Å². The van der Waals surface area contributed by atoms with Crippen molar-refractivity contribution >= 4 is 23.2 Å². The van der Waals surface area contributed by atoms with E-state index >= 15 is 0 Å². The van der Waals surface area contributed by atoms with E-state index in [9.17, 15) is 4.79 Å². The normalized spacial score (nSPS) is 15.9. The van der Waals surface area contributed by atoms with Crippen LogP contribution in [-0.2, 0) is 6.54 Å². The van der Waals surface area contributed by atoms with Gasteiger partial charge >= 0.3 is 0 Å². The summed E-state index contributed by atoms with van der Waals surface area (Å²) in [5.74, 6) is 1.00. The minimum absolute atomic E-state index is 0.180.